The summed E-state index contributed by atoms with van der Waals surface area (Å²) in [5.74, 6) is -0.805. The molecule has 1 heterocycles. The molecule has 0 spiro atoms. The number of hydrogen-bond donors (Lipinski definition) is 0. The van der Waals surface area contributed by atoms with Crippen molar-refractivity contribution in [3.63, 3.8) is 0 Å². The van der Waals surface area contributed by atoms with Crippen LogP contribution in [-0.4, -0.2) is 28.5 Å². The van der Waals surface area contributed by atoms with Gasteiger partial charge in [-0.05, 0) is 29.8 Å². The lowest BCUT2D eigenvalue weighted by Crippen LogP contribution is -2.39. The van der Waals surface area contributed by atoms with Crippen LogP contribution < -0.4 is 0 Å². The first-order chi connectivity index (χ1) is 15.4. The van der Waals surface area contributed by atoms with Gasteiger partial charge in [-0.1, -0.05) is 24.3 Å². The molecular weight excluding hydrogens is 468 g/mol. The van der Waals surface area contributed by atoms with E-state index < -0.39 is 36.8 Å². The SMILES string of the molecule is N#Cc1ccc(CN(CC(F)(F)F)C(=O)Cc2csc(-c3ccc(C(F)(F)F)cc3)n2)cc1. The molecule has 0 bridgehead atoms. The van der Waals surface area contributed by atoms with Crippen molar-refractivity contribution in [2.24, 2.45) is 0 Å². The Morgan fingerprint density at radius 3 is 2.18 bits per heavy atom. The molecule has 0 unspecified atom stereocenters. The van der Waals surface area contributed by atoms with E-state index in [0.29, 0.717) is 26.6 Å². The molecule has 1 amide bonds. The standard InChI is InChI=1S/C22H15F6N3OS/c23-21(24,25)13-31(11-15-3-1-14(10-29)2-4-15)19(32)9-18-12-33-20(30-18)16-5-7-17(8-6-16)22(26,27)28/h1-8,12H,9,11,13H2. The van der Waals surface area contributed by atoms with Crippen LogP contribution in [-0.2, 0) is 23.9 Å². The van der Waals surface area contributed by atoms with Crippen molar-refractivity contribution in [1.82, 2.24) is 9.88 Å². The lowest BCUT2D eigenvalue weighted by Gasteiger charge is -2.24. The molecule has 0 saturated heterocycles. The third-order valence-corrected chi connectivity index (χ3v) is 5.46. The average molecular weight is 483 g/mol. The van der Waals surface area contributed by atoms with Gasteiger partial charge in [0.1, 0.15) is 11.6 Å². The highest BCUT2D eigenvalue weighted by Crippen LogP contribution is 2.32. The van der Waals surface area contributed by atoms with Crippen LogP contribution in [0.2, 0.25) is 0 Å². The summed E-state index contributed by atoms with van der Waals surface area (Å²) in [5.41, 5.74) is 0.563. The number of nitrogens with zero attached hydrogens (tertiary/aromatic N) is 3. The van der Waals surface area contributed by atoms with Gasteiger partial charge in [-0.25, -0.2) is 4.98 Å². The van der Waals surface area contributed by atoms with Gasteiger partial charge in [0.05, 0.1) is 29.3 Å². The van der Waals surface area contributed by atoms with E-state index in [4.69, 9.17) is 5.26 Å². The van der Waals surface area contributed by atoms with Crippen LogP contribution in [0, 0.1) is 11.3 Å². The van der Waals surface area contributed by atoms with Crippen molar-refractivity contribution < 1.29 is 31.1 Å². The Bertz CT molecular complexity index is 1150. The predicted molar refractivity (Wildman–Crippen MR) is 109 cm³/mol. The van der Waals surface area contributed by atoms with E-state index in [1.807, 2.05) is 6.07 Å². The normalized spacial score (nSPS) is 11.8. The number of alkyl halides is 6. The van der Waals surface area contributed by atoms with E-state index >= 15 is 0 Å². The number of amides is 1. The summed E-state index contributed by atoms with van der Waals surface area (Å²) in [7, 11) is 0. The number of nitriles is 1. The number of hydrogen-bond acceptors (Lipinski definition) is 4. The molecule has 0 N–H and O–H groups in total. The molecule has 33 heavy (non-hydrogen) atoms. The first-order valence-electron chi connectivity index (χ1n) is 9.40. The molecule has 0 atom stereocenters. The van der Waals surface area contributed by atoms with Crippen molar-refractivity contribution in [3.8, 4) is 16.6 Å². The summed E-state index contributed by atoms with van der Waals surface area (Å²) in [6.45, 7) is -1.76. The minimum Gasteiger partial charge on any atom is -0.329 e. The predicted octanol–water partition coefficient (Wildman–Crippen LogP) is 5.83. The first kappa shape index (κ1) is 24.3. The molecule has 0 fully saturated rings. The number of carbonyl (C=O) groups excluding carboxylic acids is 1. The Labute approximate surface area is 188 Å². The Morgan fingerprint density at radius 2 is 1.64 bits per heavy atom. The molecule has 3 rings (SSSR count). The zero-order valence-corrected chi connectivity index (χ0v) is 17.6. The van der Waals surface area contributed by atoms with Crippen molar-refractivity contribution in [2.75, 3.05) is 6.54 Å². The molecule has 0 aliphatic heterocycles. The maximum absolute atomic E-state index is 13.0. The van der Waals surface area contributed by atoms with Crippen molar-refractivity contribution in [3.05, 3.63) is 76.3 Å². The van der Waals surface area contributed by atoms with Gasteiger partial charge < -0.3 is 4.90 Å². The lowest BCUT2D eigenvalue weighted by atomic mass is 10.1. The van der Waals surface area contributed by atoms with E-state index in [2.05, 4.69) is 4.98 Å². The Kier molecular flexibility index (Phi) is 7.07. The number of benzene rings is 2. The van der Waals surface area contributed by atoms with Crippen LogP contribution in [0.1, 0.15) is 22.4 Å². The summed E-state index contributed by atoms with van der Waals surface area (Å²) in [6, 6.07) is 12.0. The van der Waals surface area contributed by atoms with Gasteiger partial charge in [-0.2, -0.15) is 31.6 Å². The van der Waals surface area contributed by atoms with Gasteiger partial charge in [-0.15, -0.1) is 11.3 Å². The fourth-order valence-corrected chi connectivity index (χ4v) is 3.77. The summed E-state index contributed by atoms with van der Waals surface area (Å²) >= 11 is 1.07. The van der Waals surface area contributed by atoms with Crippen LogP contribution in [0.15, 0.2) is 53.9 Å². The van der Waals surface area contributed by atoms with Gasteiger partial charge >= 0.3 is 12.4 Å². The molecule has 11 heteroatoms. The van der Waals surface area contributed by atoms with Crippen LogP contribution in [0.3, 0.4) is 0 Å². The maximum Gasteiger partial charge on any atom is 0.416 e. The average Bonchev–Trinajstić information content (AvgIpc) is 3.21. The second-order valence-electron chi connectivity index (χ2n) is 7.07. The van der Waals surface area contributed by atoms with Crippen molar-refractivity contribution in [1.29, 1.82) is 5.26 Å². The fraction of sp³-hybridized carbons (Fsp3) is 0.227. The highest BCUT2D eigenvalue weighted by Gasteiger charge is 2.33. The quantitative estimate of drug-likeness (QED) is 0.415. The topological polar surface area (TPSA) is 57.0 Å². The van der Waals surface area contributed by atoms with E-state index in [1.54, 1.807) is 0 Å². The van der Waals surface area contributed by atoms with Gasteiger partial charge in [0, 0.05) is 17.5 Å². The van der Waals surface area contributed by atoms with E-state index in [9.17, 15) is 31.1 Å². The third-order valence-electron chi connectivity index (χ3n) is 4.52. The minimum absolute atomic E-state index is 0.215. The number of rotatable bonds is 6. The summed E-state index contributed by atoms with van der Waals surface area (Å²) in [5, 5.41) is 10.7. The van der Waals surface area contributed by atoms with Gasteiger partial charge in [0.15, 0.2) is 0 Å². The molecule has 0 aliphatic rings. The van der Waals surface area contributed by atoms with Crippen LogP contribution in [0.25, 0.3) is 10.6 Å². The molecule has 172 valence electrons. The van der Waals surface area contributed by atoms with Gasteiger partial charge in [-0.3, -0.25) is 4.79 Å². The second-order valence-corrected chi connectivity index (χ2v) is 7.93. The third kappa shape index (κ3) is 6.79. The molecule has 4 nitrogen and oxygen atoms in total. The summed E-state index contributed by atoms with van der Waals surface area (Å²) in [4.78, 5) is 17.5. The fourth-order valence-electron chi connectivity index (χ4n) is 2.94. The zero-order valence-electron chi connectivity index (χ0n) is 16.7. The number of carbonyl (C=O) groups is 1. The lowest BCUT2D eigenvalue weighted by molar-refractivity contribution is -0.162. The highest BCUT2D eigenvalue weighted by molar-refractivity contribution is 7.13. The van der Waals surface area contributed by atoms with Crippen molar-refractivity contribution >= 4 is 17.2 Å². The molecule has 3 aromatic rings. The van der Waals surface area contributed by atoms with Gasteiger partial charge in [0.2, 0.25) is 5.91 Å². The second kappa shape index (κ2) is 9.62. The molecule has 2 aromatic carbocycles. The Hall–Kier alpha value is -3.39. The number of thiazole rings is 1. The van der Waals surface area contributed by atoms with Crippen LogP contribution in [0.5, 0.6) is 0 Å². The first-order valence-corrected chi connectivity index (χ1v) is 10.3. The van der Waals surface area contributed by atoms with E-state index in [0.717, 1.165) is 23.5 Å². The molecule has 0 saturated carbocycles. The largest absolute Gasteiger partial charge is 0.416 e. The van der Waals surface area contributed by atoms with Crippen LogP contribution in [0.4, 0.5) is 26.3 Å². The summed E-state index contributed by atoms with van der Waals surface area (Å²) < 4.78 is 77.2. The van der Waals surface area contributed by atoms with E-state index in [1.165, 1.54) is 41.8 Å². The monoisotopic (exact) mass is 483 g/mol. The smallest absolute Gasteiger partial charge is 0.329 e. The molecule has 0 radical (unpaired) electrons. The minimum atomic E-state index is -4.62. The molecular formula is C22H15F6N3OS. The number of aromatic nitrogens is 1. The highest BCUT2D eigenvalue weighted by atomic mass is 32.1. The number of halogens is 6. The Morgan fingerprint density at radius 1 is 1.00 bits per heavy atom. The summed E-state index contributed by atoms with van der Waals surface area (Å²) in [6.07, 6.45) is -9.49. The van der Waals surface area contributed by atoms with E-state index in [-0.39, 0.29) is 12.2 Å². The van der Waals surface area contributed by atoms with Gasteiger partial charge in [0.25, 0.3) is 0 Å². The van der Waals surface area contributed by atoms with Crippen LogP contribution >= 0.6 is 11.3 Å². The van der Waals surface area contributed by atoms with Crippen molar-refractivity contribution in [2.45, 2.75) is 25.3 Å². The zero-order chi connectivity index (χ0) is 24.2. The molecule has 1 aromatic heterocycles. The Balaban J connectivity index is 1.73. The maximum atomic E-state index is 13.0. The molecule has 0 aliphatic carbocycles.